The average molecular weight is 304 g/mol. The number of nitrogen functional groups attached to an aromatic ring is 1. The van der Waals surface area contributed by atoms with E-state index < -0.39 is 28.6 Å². The summed E-state index contributed by atoms with van der Waals surface area (Å²) in [6, 6.07) is 3.68. The first kappa shape index (κ1) is 15.1. The Morgan fingerprint density at radius 2 is 1.94 bits per heavy atom. The molecule has 1 aromatic rings. The number of hydrogen-bond donors (Lipinski definition) is 1. The largest absolute Gasteiger partial charge is 0.411 e. The molecule has 0 radical (unpaired) electrons. The predicted octanol–water partition coefficient (Wildman–Crippen LogP) is 2.23. The maximum Gasteiger partial charge on any atom is 0.411 e. The van der Waals surface area contributed by atoms with Gasteiger partial charge in [-0.3, -0.25) is 0 Å². The van der Waals surface area contributed by atoms with Gasteiger partial charge < -0.3 is 10.5 Å². The lowest BCUT2D eigenvalue weighted by Crippen LogP contribution is -2.20. The van der Waals surface area contributed by atoms with Gasteiger partial charge >= 0.3 is 6.18 Å². The monoisotopic (exact) mass is 303 g/mol. The summed E-state index contributed by atoms with van der Waals surface area (Å²) in [5.41, 5.74) is 5.51. The molecule has 0 atom stereocenters. The van der Waals surface area contributed by atoms with Crippen LogP contribution in [0.1, 0.15) is 0 Å². The fourth-order valence-corrected chi connectivity index (χ4v) is 2.67. The Balaban J connectivity index is 2.84. The van der Waals surface area contributed by atoms with Gasteiger partial charge in [0.1, 0.15) is 6.61 Å². The van der Waals surface area contributed by atoms with Gasteiger partial charge in [0.25, 0.3) is 0 Å². The number of benzene rings is 1. The van der Waals surface area contributed by atoms with Crippen molar-refractivity contribution in [3.05, 3.63) is 23.2 Å². The second-order valence-electron chi connectivity index (χ2n) is 3.39. The van der Waals surface area contributed by atoms with Gasteiger partial charge in [0.2, 0.25) is 9.84 Å². The molecule has 0 bridgehead atoms. The van der Waals surface area contributed by atoms with Crippen molar-refractivity contribution in [3.8, 4) is 0 Å². The van der Waals surface area contributed by atoms with Crippen LogP contribution < -0.4 is 5.73 Å². The van der Waals surface area contributed by atoms with E-state index in [-0.39, 0.29) is 15.6 Å². The molecule has 0 spiro atoms. The van der Waals surface area contributed by atoms with Gasteiger partial charge in [-0.05, 0) is 18.2 Å². The molecule has 0 aliphatic heterocycles. The lowest BCUT2D eigenvalue weighted by Gasteiger charge is -2.09. The molecule has 9 heteroatoms. The lowest BCUT2D eigenvalue weighted by molar-refractivity contribution is -0.169. The third-order valence-corrected chi connectivity index (χ3v) is 3.72. The molecule has 0 unspecified atom stereocenters. The highest BCUT2D eigenvalue weighted by atomic mass is 35.5. The molecule has 0 aliphatic carbocycles. The molecular formula is C9H9ClF3NO3S. The summed E-state index contributed by atoms with van der Waals surface area (Å²) >= 11 is 5.64. The van der Waals surface area contributed by atoms with Gasteiger partial charge in [-0.15, -0.1) is 0 Å². The van der Waals surface area contributed by atoms with Gasteiger partial charge in [-0.1, -0.05) is 11.6 Å². The van der Waals surface area contributed by atoms with E-state index in [1.54, 1.807) is 0 Å². The summed E-state index contributed by atoms with van der Waals surface area (Å²) < 4.78 is 62.8. The van der Waals surface area contributed by atoms with Crippen LogP contribution in [-0.4, -0.2) is 27.1 Å². The summed E-state index contributed by atoms with van der Waals surface area (Å²) in [4.78, 5) is -0.355. The van der Waals surface area contributed by atoms with Crippen LogP contribution >= 0.6 is 11.6 Å². The zero-order chi connectivity index (χ0) is 14.0. The molecule has 0 amide bonds. The number of hydrogen-bond acceptors (Lipinski definition) is 4. The van der Waals surface area contributed by atoms with Crippen LogP contribution in [0.5, 0.6) is 0 Å². The molecule has 0 saturated carbocycles. The van der Waals surface area contributed by atoms with Gasteiger partial charge in [-0.25, -0.2) is 8.42 Å². The summed E-state index contributed by atoms with van der Waals surface area (Å²) in [6.45, 7) is -1.65. The number of halogens is 4. The Bertz CT molecular complexity index is 530. The summed E-state index contributed by atoms with van der Waals surface area (Å²) in [5, 5.41) is -0.125. The fraction of sp³-hybridized carbons (Fsp3) is 0.333. The molecule has 1 aromatic carbocycles. The highest BCUT2D eigenvalue weighted by Crippen LogP contribution is 2.25. The number of anilines is 1. The Kier molecular flexibility index (Phi) is 4.46. The van der Waals surface area contributed by atoms with Crippen molar-refractivity contribution in [2.75, 3.05) is 18.3 Å². The Morgan fingerprint density at radius 1 is 1.33 bits per heavy atom. The summed E-state index contributed by atoms with van der Waals surface area (Å²) in [7, 11) is -4.07. The van der Waals surface area contributed by atoms with Crippen LogP contribution in [0, 0.1) is 0 Å². The van der Waals surface area contributed by atoms with Crippen LogP contribution in [0.3, 0.4) is 0 Å². The van der Waals surface area contributed by atoms with Crippen LogP contribution in [0.2, 0.25) is 5.02 Å². The molecule has 0 heterocycles. The van der Waals surface area contributed by atoms with E-state index in [2.05, 4.69) is 4.74 Å². The predicted molar refractivity (Wildman–Crippen MR) is 59.9 cm³/mol. The van der Waals surface area contributed by atoms with Gasteiger partial charge in [0, 0.05) is 5.69 Å². The first-order chi connectivity index (χ1) is 8.12. The molecule has 0 fully saturated rings. The SMILES string of the molecule is Nc1ccc(Cl)c(S(=O)(=O)COCC(F)(F)F)c1. The Hall–Kier alpha value is -0.990. The van der Waals surface area contributed by atoms with E-state index in [9.17, 15) is 21.6 Å². The highest BCUT2D eigenvalue weighted by Gasteiger charge is 2.29. The number of ether oxygens (including phenoxy) is 1. The van der Waals surface area contributed by atoms with Crippen molar-refractivity contribution in [2.45, 2.75) is 11.1 Å². The molecule has 102 valence electrons. The molecule has 4 nitrogen and oxygen atoms in total. The van der Waals surface area contributed by atoms with Crippen molar-refractivity contribution in [3.63, 3.8) is 0 Å². The van der Waals surface area contributed by atoms with Crippen LogP contribution in [0.25, 0.3) is 0 Å². The highest BCUT2D eigenvalue weighted by molar-refractivity contribution is 7.91. The number of nitrogens with two attached hydrogens (primary N) is 1. The second kappa shape index (κ2) is 5.33. The van der Waals surface area contributed by atoms with Crippen molar-refractivity contribution in [1.29, 1.82) is 0 Å². The number of rotatable bonds is 4. The molecule has 0 aromatic heterocycles. The fourth-order valence-electron chi connectivity index (χ4n) is 1.09. The zero-order valence-electron chi connectivity index (χ0n) is 8.87. The molecular weight excluding hydrogens is 295 g/mol. The van der Waals surface area contributed by atoms with E-state index in [1.165, 1.54) is 12.1 Å². The first-order valence-electron chi connectivity index (χ1n) is 4.54. The minimum absolute atomic E-state index is 0.125. The summed E-state index contributed by atoms with van der Waals surface area (Å²) in [5.74, 6) is -1.12. The topological polar surface area (TPSA) is 69.4 Å². The molecule has 2 N–H and O–H groups in total. The zero-order valence-corrected chi connectivity index (χ0v) is 10.4. The van der Waals surface area contributed by atoms with Gasteiger partial charge in [0.05, 0.1) is 9.92 Å². The first-order valence-corrected chi connectivity index (χ1v) is 6.57. The van der Waals surface area contributed by atoms with Crippen molar-refractivity contribution >= 4 is 27.1 Å². The quantitative estimate of drug-likeness (QED) is 0.866. The maximum atomic E-state index is 11.8. The maximum absolute atomic E-state index is 11.8. The average Bonchev–Trinajstić information content (AvgIpc) is 2.19. The van der Waals surface area contributed by atoms with E-state index in [0.29, 0.717) is 0 Å². The van der Waals surface area contributed by atoms with Gasteiger partial charge in [-0.2, -0.15) is 13.2 Å². The molecule has 18 heavy (non-hydrogen) atoms. The Labute approximate surface area is 106 Å². The van der Waals surface area contributed by atoms with Crippen molar-refractivity contribution < 1.29 is 26.3 Å². The van der Waals surface area contributed by atoms with E-state index in [4.69, 9.17) is 17.3 Å². The normalized spacial score (nSPS) is 12.7. The van der Waals surface area contributed by atoms with Crippen molar-refractivity contribution in [2.24, 2.45) is 0 Å². The molecule has 1 rings (SSSR count). The standard InChI is InChI=1S/C9H9ClF3NO3S/c10-7-2-1-6(14)3-8(7)18(15,16)5-17-4-9(11,12)13/h1-3H,4-5,14H2. The molecule has 0 saturated heterocycles. The third-order valence-electron chi connectivity index (χ3n) is 1.79. The number of alkyl halides is 3. The van der Waals surface area contributed by atoms with Crippen LogP contribution in [0.15, 0.2) is 23.1 Å². The lowest BCUT2D eigenvalue weighted by atomic mass is 10.3. The van der Waals surface area contributed by atoms with Crippen LogP contribution in [-0.2, 0) is 14.6 Å². The van der Waals surface area contributed by atoms with E-state index in [1.807, 2.05) is 0 Å². The minimum atomic E-state index is -4.59. The van der Waals surface area contributed by atoms with E-state index >= 15 is 0 Å². The Morgan fingerprint density at radius 3 is 2.50 bits per heavy atom. The smallest absolute Gasteiger partial charge is 0.399 e. The third kappa shape index (κ3) is 4.35. The molecule has 0 aliphatic rings. The van der Waals surface area contributed by atoms with Gasteiger partial charge in [0.15, 0.2) is 5.94 Å². The second-order valence-corrected chi connectivity index (χ2v) is 5.70. The van der Waals surface area contributed by atoms with E-state index in [0.717, 1.165) is 6.07 Å². The summed E-state index contributed by atoms with van der Waals surface area (Å²) in [6.07, 6.45) is -4.59. The minimum Gasteiger partial charge on any atom is -0.399 e. The van der Waals surface area contributed by atoms with Crippen LogP contribution in [0.4, 0.5) is 18.9 Å². The number of sulfone groups is 1. The van der Waals surface area contributed by atoms with Crippen molar-refractivity contribution in [1.82, 2.24) is 0 Å².